The molecule has 0 aliphatic heterocycles. The molecule has 0 aromatic heterocycles. The van der Waals surface area contributed by atoms with Crippen molar-refractivity contribution in [3.63, 3.8) is 0 Å². The van der Waals surface area contributed by atoms with Crippen molar-refractivity contribution in [2.45, 2.75) is 38.6 Å². The monoisotopic (exact) mass is 199 g/mol. The second kappa shape index (κ2) is 5.47. The van der Waals surface area contributed by atoms with Crippen LogP contribution in [0.2, 0.25) is 0 Å². The highest BCUT2D eigenvalue weighted by atomic mass is 16.3. The quantitative estimate of drug-likeness (QED) is 0.736. The molecule has 1 aliphatic rings. The van der Waals surface area contributed by atoms with Crippen LogP contribution in [0.1, 0.15) is 32.6 Å². The molecule has 0 radical (unpaired) electrons. The molecule has 0 bridgehead atoms. The molecule has 3 heteroatoms. The Kier molecular flexibility index (Phi) is 4.55. The maximum Gasteiger partial charge on any atom is 0.137 e. The number of carbonyl (C=O) groups is 1. The number of ketones is 1. The van der Waals surface area contributed by atoms with Gasteiger partial charge in [-0.3, -0.25) is 4.79 Å². The van der Waals surface area contributed by atoms with Crippen molar-refractivity contribution in [2.75, 3.05) is 20.2 Å². The first-order valence-corrected chi connectivity index (χ1v) is 5.49. The Morgan fingerprint density at radius 3 is 2.86 bits per heavy atom. The SMILES string of the molecule is CC(CO)N(C)CC1CCCCC1=O. The Bertz CT molecular complexity index is 194. The summed E-state index contributed by atoms with van der Waals surface area (Å²) in [6.45, 7) is 2.95. The van der Waals surface area contributed by atoms with Gasteiger partial charge in [0, 0.05) is 24.9 Å². The predicted molar refractivity (Wildman–Crippen MR) is 56.1 cm³/mol. The van der Waals surface area contributed by atoms with Gasteiger partial charge in [-0.25, -0.2) is 0 Å². The van der Waals surface area contributed by atoms with E-state index in [1.54, 1.807) is 0 Å². The van der Waals surface area contributed by atoms with E-state index < -0.39 is 0 Å². The third kappa shape index (κ3) is 3.07. The van der Waals surface area contributed by atoms with Gasteiger partial charge in [0.2, 0.25) is 0 Å². The minimum atomic E-state index is 0.157. The summed E-state index contributed by atoms with van der Waals surface area (Å²) in [6, 6.07) is 0.157. The van der Waals surface area contributed by atoms with Crippen LogP contribution in [0.3, 0.4) is 0 Å². The molecule has 1 saturated carbocycles. The molecule has 0 saturated heterocycles. The Morgan fingerprint density at radius 2 is 2.29 bits per heavy atom. The first-order chi connectivity index (χ1) is 6.65. The van der Waals surface area contributed by atoms with Gasteiger partial charge in [-0.05, 0) is 26.8 Å². The summed E-state index contributed by atoms with van der Waals surface area (Å²) in [5.74, 6) is 0.621. The summed E-state index contributed by atoms with van der Waals surface area (Å²) in [5, 5.41) is 8.97. The molecular formula is C11H21NO2. The molecular weight excluding hydrogens is 178 g/mol. The van der Waals surface area contributed by atoms with Gasteiger partial charge in [0.1, 0.15) is 5.78 Å². The van der Waals surface area contributed by atoms with Crippen molar-refractivity contribution < 1.29 is 9.90 Å². The maximum absolute atomic E-state index is 11.6. The standard InChI is InChI=1S/C11H21NO2/c1-9(8-13)12(2)7-10-5-3-4-6-11(10)14/h9-10,13H,3-8H2,1-2H3. The predicted octanol–water partition coefficient (Wildman–Crippen LogP) is 1.06. The summed E-state index contributed by atoms with van der Waals surface area (Å²) in [4.78, 5) is 13.6. The lowest BCUT2D eigenvalue weighted by atomic mass is 9.87. The number of aliphatic hydroxyl groups excluding tert-OH is 1. The normalized spacial score (nSPS) is 25.4. The van der Waals surface area contributed by atoms with E-state index in [4.69, 9.17) is 5.11 Å². The van der Waals surface area contributed by atoms with E-state index >= 15 is 0 Å². The number of hydrogen-bond donors (Lipinski definition) is 1. The molecule has 3 nitrogen and oxygen atoms in total. The van der Waals surface area contributed by atoms with Crippen LogP contribution in [0.5, 0.6) is 0 Å². The molecule has 1 N–H and O–H groups in total. The highest BCUT2D eigenvalue weighted by Gasteiger charge is 2.24. The van der Waals surface area contributed by atoms with Crippen molar-refractivity contribution in [3.05, 3.63) is 0 Å². The van der Waals surface area contributed by atoms with Gasteiger partial charge in [0.05, 0.1) is 6.61 Å². The van der Waals surface area contributed by atoms with Crippen LogP contribution in [0.15, 0.2) is 0 Å². The Balaban J connectivity index is 2.38. The summed E-state index contributed by atoms with van der Waals surface area (Å²) in [7, 11) is 1.97. The molecule has 1 rings (SSSR count). The van der Waals surface area contributed by atoms with Gasteiger partial charge in [0.15, 0.2) is 0 Å². The number of hydrogen-bond acceptors (Lipinski definition) is 3. The van der Waals surface area contributed by atoms with Crippen LogP contribution >= 0.6 is 0 Å². The molecule has 1 fully saturated rings. The number of likely N-dealkylation sites (N-methyl/N-ethyl adjacent to an activating group) is 1. The van der Waals surface area contributed by atoms with E-state index in [1.807, 2.05) is 14.0 Å². The fraction of sp³-hybridized carbons (Fsp3) is 0.909. The van der Waals surface area contributed by atoms with Crippen molar-refractivity contribution in [2.24, 2.45) is 5.92 Å². The Labute approximate surface area is 86.1 Å². The second-order valence-electron chi connectivity index (χ2n) is 4.38. The van der Waals surface area contributed by atoms with E-state index in [0.717, 1.165) is 25.8 Å². The van der Waals surface area contributed by atoms with Crippen molar-refractivity contribution in [1.82, 2.24) is 4.90 Å². The largest absolute Gasteiger partial charge is 0.395 e. The summed E-state index contributed by atoms with van der Waals surface area (Å²) in [6.07, 6.45) is 4.03. The second-order valence-corrected chi connectivity index (χ2v) is 4.38. The highest BCUT2D eigenvalue weighted by Crippen LogP contribution is 2.21. The number of nitrogens with zero attached hydrogens (tertiary/aromatic N) is 1. The molecule has 0 aromatic carbocycles. The van der Waals surface area contributed by atoms with Gasteiger partial charge in [-0.15, -0.1) is 0 Å². The zero-order valence-corrected chi connectivity index (χ0v) is 9.20. The molecule has 1 aliphatic carbocycles. The smallest absolute Gasteiger partial charge is 0.137 e. The van der Waals surface area contributed by atoms with E-state index in [9.17, 15) is 4.79 Å². The first-order valence-electron chi connectivity index (χ1n) is 5.49. The number of carbonyl (C=O) groups excluding carboxylic acids is 1. The number of aliphatic hydroxyl groups is 1. The lowest BCUT2D eigenvalue weighted by Crippen LogP contribution is -2.39. The third-order valence-corrected chi connectivity index (χ3v) is 3.21. The van der Waals surface area contributed by atoms with Gasteiger partial charge in [-0.1, -0.05) is 6.42 Å². The fourth-order valence-electron chi connectivity index (χ4n) is 1.92. The van der Waals surface area contributed by atoms with Crippen LogP contribution in [0.25, 0.3) is 0 Å². The fourth-order valence-corrected chi connectivity index (χ4v) is 1.92. The van der Waals surface area contributed by atoms with Crippen molar-refractivity contribution >= 4 is 5.78 Å². The Hall–Kier alpha value is -0.410. The molecule has 82 valence electrons. The third-order valence-electron chi connectivity index (χ3n) is 3.21. The molecule has 14 heavy (non-hydrogen) atoms. The van der Waals surface area contributed by atoms with Crippen molar-refractivity contribution in [1.29, 1.82) is 0 Å². The summed E-state index contributed by atoms with van der Waals surface area (Å²) >= 11 is 0. The molecule has 0 spiro atoms. The lowest BCUT2D eigenvalue weighted by molar-refractivity contribution is -0.125. The average Bonchev–Trinajstić information content (AvgIpc) is 2.20. The van der Waals surface area contributed by atoms with Crippen LogP contribution < -0.4 is 0 Å². The minimum Gasteiger partial charge on any atom is -0.395 e. The molecule has 0 heterocycles. The zero-order chi connectivity index (χ0) is 10.6. The topological polar surface area (TPSA) is 40.5 Å². The van der Waals surface area contributed by atoms with E-state index in [2.05, 4.69) is 4.90 Å². The molecule has 0 amide bonds. The first kappa shape index (κ1) is 11.7. The van der Waals surface area contributed by atoms with Crippen LogP contribution in [-0.4, -0.2) is 42.0 Å². The van der Waals surface area contributed by atoms with Gasteiger partial charge >= 0.3 is 0 Å². The molecule has 2 unspecified atom stereocenters. The minimum absolute atomic E-state index is 0.157. The van der Waals surface area contributed by atoms with Crippen LogP contribution in [0.4, 0.5) is 0 Å². The zero-order valence-electron chi connectivity index (χ0n) is 9.20. The van der Waals surface area contributed by atoms with Crippen LogP contribution in [0, 0.1) is 5.92 Å². The maximum atomic E-state index is 11.6. The highest BCUT2D eigenvalue weighted by molar-refractivity contribution is 5.81. The Morgan fingerprint density at radius 1 is 1.57 bits per heavy atom. The van der Waals surface area contributed by atoms with E-state index in [1.165, 1.54) is 6.42 Å². The summed E-state index contributed by atoms with van der Waals surface area (Å²) < 4.78 is 0. The van der Waals surface area contributed by atoms with Gasteiger partial charge < -0.3 is 10.0 Å². The van der Waals surface area contributed by atoms with Crippen molar-refractivity contribution in [3.8, 4) is 0 Å². The van der Waals surface area contributed by atoms with Gasteiger partial charge in [-0.2, -0.15) is 0 Å². The average molecular weight is 199 g/mol. The van der Waals surface area contributed by atoms with Crippen LogP contribution in [-0.2, 0) is 4.79 Å². The van der Waals surface area contributed by atoms with Gasteiger partial charge in [0.25, 0.3) is 0 Å². The molecule has 0 aromatic rings. The molecule has 2 atom stereocenters. The summed E-state index contributed by atoms with van der Waals surface area (Å²) in [5.41, 5.74) is 0. The number of rotatable bonds is 4. The number of Topliss-reactive ketones (excluding diaryl/α,β-unsaturated/α-hetero) is 1. The van der Waals surface area contributed by atoms with E-state index in [0.29, 0.717) is 5.78 Å². The van der Waals surface area contributed by atoms with E-state index in [-0.39, 0.29) is 18.6 Å². The lowest BCUT2D eigenvalue weighted by Gasteiger charge is -2.29.